The third-order valence-corrected chi connectivity index (χ3v) is 6.72. The van der Waals surface area contributed by atoms with Gasteiger partial charge in [0.05, 0.1) is 5.69 Å². The van der Waals surface area contributed by atoms with E-state index in [0.717, 1.165) is 47.8 Å². The molecule has 1 unspecified atom stereocenters. The Labute approximate surface area is 187 Å². The number of nitrogens with zero attached hydrogens (tertiary/aromatic N) is 4. The standard InChI is InChI=1S/C26H24N4O2/c31-25-26(32-24-12-11-22(30(24)25)20-9-5-2-6-10-20)13-15-29(16-14-26)23-17-21(27-18-28-23)19-7-3-1-4-8-19/h1-11,17-18,24H,12-16H2. The molecule has 6 rings (SSSR count). The highest BCUT2D eigenvalue weighted by Gasteiger charge is 2.56. The quantitative estimate of drug-likeness (QED) is 0.633. The van der Waals surface area contributed by atoms with Crippen molar-refractivity contribution in [1.29, 1.82) is 0 Å². The Morgan fingerprint density at radius 3 is 2.31 bits per heavy atom. The molecule has 4 heterocycles. The van der Waals surface area contributed by atoms with Crippen molar-refractivity contribution in [3.63, 3.8) is 0 Å². The summed E-state index contributed by atoms with van der Waals surface area (Å²) in [5, 5.41) is 0. The summed E-state index contributed by atoms with van der Waals surface area (Å²) in [6, 6.07) is 22.2. The van der Waals surface area contributed by atoms with Crippen molar-refractivity contribution in [3.05, 3.63) is 84.7 Å². The molecule has 1 spiro atoms. The molecule has 2 fully saturated rings. The van der Waals surface area contributed by atoms with Gasteiger partial charge in [0.2, 0.25) is 0 Å². The molecule has 2 saturated heterocycles. The van der Waals surface area contributed by atoms with E-state index in [1.54, 1.807) is 6.33 Å². The average molecular weight is 425 g/mol. The van der Waals surface area contributed by atoms with Crippen LogP contribution >= 0.6 is 0 Å². The van der Waals surface area contributed by atoms with Crippen LogP contribution in [0, 0.1) is 0 Å². The number of ether oxygens (including phenoxy) is 1. The number of amides is 1. The minimum absolute atomic E-state index is 0.0995. The molecule has 2 aromatic carbocycles. The predicted molar refractivity (Wildman–Crippen MR) is 122 cm³/mol. The molecule has 1 atom stereocenters. The zero-order chi connectivity index (χ0) is 21.5. The van der Waals surface area contributed by atoms with Crippen LogP contribution in [0.3, 0.4) is 0 Å². The number of carbonyl (C=O) groups is 1. The van der Waals surface area contributed by atoms with Crippen molar-refractivity contribution in [3.8, 4) is 11.3 Å². The van der Waals surface area contributed by atoms with E-state index in [1.165, 1.54) is 0 Å². The van der Waals surface area contributed by atoms with Gasteiger partial charge in [-0.3, -0.25) is 9.69 Å². The van der Waals surface area contributed by atoms with Gasteiger partial charge in [0.1, 0.15) is 18.4 Å². The third-order valence-electron chi connectivity index (χ3n) is 6.72. The summed E-state index contributed by atoms with van der Waals surface area (Å²) in [4.78, 5) is 26.6. The Morgan fingerprint density at radius 2 is 1.59 bits per heavy atom. The molecule has 0 aliphatic carbocycles. The highest BCUT2D eigenvalue weighted by Crippen LogP contribution is 2.45. The maximum Gasteiger partial charge on any atom is 0.261 e. The minimum atomic E-state index is -0.731. The van der Waals surface area contributed by atoms with Crippen LogP contribution in [0.15, 0.2) is 79.1 Å². The fourth-order valence-corrected chi connectivity index (χ4v) is 5.02. The smallest absolute Gasteiger partial charge is 0.261 e. The van der Waals surface area contributed by atoms with Crippen molar-refractivity contribution in [2.45, 2.75) is 31.1 Å². The molecule has 3 aromatic rings. The van der Waals surface area contributed by atoms with Gasteiger partial charge in [0, 0.05) is 49.7 Å². The van der Waals surface area contributed by atoms with Gasteiger partial charge in [0.15, 0.2) is 5.60 Å². The third kappa shape index (κ3) is 3.10. The maximum atomic E-state index is 13.5. The number of aromatic nitrogens is 2. The lowest BCUT2D eigenvalue weighted by molar-refractivity contribution is -0.138. The summed E-state index contributed by atoms with van der Waals surface area (Å²) in [6.07, 6.45) is 5.61. The van der Waals surface area contributed by atoms with Crippen molar-refractivity contribution >= 4 is 17.4 Å². The van der Waals surface area contributed by atoms with Crippen LogP contribution in [-0.4, -0.2) is 45.7 Å². The van der Waals surface area contributed by atoms with Gasteiger partial charge in [-0.25, -0.2) is 9.97 Å². The summed E-state index contributed by atoms with van der Waals surface area (Å²) < 4.78 is 6.42. The van der Waals surface area contributed by atoms with E-state index in [2.05, 4.69) is 33.1 Å². The highest BCUT2D eigenvalue weighted by molar-refractivity contribution is 5.96. The number of fused-ring (bicyclic) bond motifs is 1. The Bertz CT molecular complexity index is 1170. The van der Waals surface area contributed by atoms with Crippen molar-refractivity contribution in [2.24, 2.45) is 0 Å². The molecule has 0 bridgehead atoms. The molecular formula is C26H24N4O2. The van der Waals surface area contributed by atoms with Crippen LogP contribution in [0.2, 0.25) is 0 Å². The van der Waals surface area contributed by atoms with Gasteiger partial charge in [0.25, 0.3) is 5.91 Å². The fraction of sp³-hybridized carbons (Fsp3) is 0.269. The van der Waals surface area contributed by atoms with E-state index in [4.69, 9.17) is 4.74 Å². The molecule has 1 aromatic heterocycles. The molecule has 0 N–H and O–H groups in total. The summed E-state index contributed by atoms with van der Waals surface area (Å²) >= 11 is 0. The first-order chi connectivity index (χ1) is 15.7. The van der Waals surface area contributed by atoms with E-state index in [9.17, 15) is 4.79 Å². The molecule has 1 amide bonds. The van der Waals surface area contributed by atoms with Crippen molar-refractivity contribution < 1.29 is 9.53 Å². The number of hydrogen-bond acceptors (Lipinski definition) is 5. The monoisotopic (exact) mass is 424 g/mol. The topological polar surface area (TPSA) is 58.6 Å². The van der Waals surface area contributed by atoms with Gasteiger partial charge in [-0.2, -0.15) is 0 Å². The minimum Gasteiger partial charge on any atom is -0.356 e. The van der Waals surface area contributed by atoms with Crippen molar-refractivity contribution in [2.75, 3.05) is 18.0 Å². The molecule has 6 heteroatoms. The van der Waals surface area contributed by atoms with E-state index in [0.29, 0.717) is 12.8 Å². The summed E-state index contributed by atoms with van der Waals surface area (Å²) in [7, 11) is 0. The first kappa shape index (κ1) is 19.2. The van der Waals surface area contributed by atoms with Gasteiger partial charge in [-0.15, -0.1) is 0 Å². The van der Waals surface area contributed by atoms with Crippen LogP contribution in [0.25, 0.3) is 17.0 Å². The van der Waals surface area contributed by atoms with E-state index >= 15 is 0 Å². The van der Waals surface area contributed by atoms with Crippen molar-refractivity contribution in [1.82, 2.24) is 14.9 Å². The maximum absolute atomic E-state index is 13.5. The van der Waals surface area contributed by atoms with E-state index < -0.39 is 5.60 Å². The van der Waals surface area contributed by atoms with Crippen LogP contribution in [0.4, 0.5) is 5.82 Å². The molecule has 0 saturated carbocycles. The second-order valence-corrected chi connectivity index (χ2v) is 8.55. The first-order valence-corrected chi connectivity index (χ1v) is 11.1. The summed E-state index contributed by atoms with van der Waals surface area (Å²) in [5.41, 5.74) is 3.28. The molecule has 32 heavy (non-hydrogen) atoms. The predicted octanol–water partition coefficient (Wildman–Crippen LogP) is 4.11. The molecule has 0 radical (unpaired) electrons. The fourth-order valence-electron chi connectivity index (χ4n) is 5.02. The van der Waals surface area contributed by atoms with Crippen LogP contribution in [0.1, 0.15) is 24.8 Å². The Hall–Kier alpha value is -3.51. The lowest BCUT2D eigenvalue weighted by Crippen LogP contribution is -2.50. The number of rotatable bonds is 3. The highest BCUT2D eigenvalue weighted by atomic mass is 16.6. The van der Waals surface area contributed by atoms with Gasteiger partial charge < -0.3 is 9.64 Å². The number of hydrogen-bond donors (Lipinski definition) is 0. The van der Waals surface area contributed by atoms with E-state index in [1.807, 2.05) is 59.5 Å². The lowest BCUT2D eigenvalue weighted by atomic mass is 9.90. The second-order valence-electron chi connectivity index (χ2n) is 8.55. The normalized spacial score (nSPS) is 21.7. The zero-order valence-electron chi connectivity index (χ0n) is 17.7. The second kappa shape index (κ2) is 7.57. The summed E-state index contributed by atoms with van der Waals surface area (Å²) in [6.45, 7) is 1.45. The molecule has 6 nitrogen and oxygen atoms in total. The number of anilines is 1. The molecular weight excluding hydrogens is 400 g/mol. The average Bonchev–Trinajstić information content (AvgIpc) is 3.39. The summed E-state index contributed by atoms with van der Waals surface area (Å²) in [5.74, 6) is 0.993. The van der Waals surface area contributed by atoms with Gasteiger partial charge >= 0.3 is 0 Å². The molecule has 3 aliphatic heterocycles. The Morgan fingerprint density at radius 1 is 0.906 bits per heavy atom. The Balaban J connectivity index is 1.19. The van der Waals surface area contributed by atoms with Crippen LogP contribution in [-0.2, 0) is 9.53 Å². The van der Waals surface area contributed by atoms with Crippen LogP contribution in [0.5, 0.6) is 0 Å². The van der Waals surface area contributed by atoms with Gasteiger partial charge in [-0.05, 0) is 5.56 Å². The SMILES string of the molecule is O=C1N2C(c3ccccc3)=CCC2OC12CCN(c1cc(-c3ccccc3)ncn1)CC2. The Kier molecular flexibility index (Phi) is 4.54. The lowest BCUT2D eigenvalue weighted by Gasteiger charge is -2.37. The number of piperidine rings is 1. The van der Waals surface area contributed by atoms with Gasteiger partial charge in [-0.1, -0.05) is 66.7 Å². The van der Waals surface area contributed by atoms with Crippen LogP contribution < -0.4 is 4.90 Å². The molecule has 3 aliphatic rings. The largest absolute Gasteiger partial charge is 0.356 e. The number of carbonyl (C=O) groups excluding carboxylic acids is 1. The number of benzene rings is 2. The zero-order valence-corrected chi connectivity index (χ0v) is 17.7. The first-order valence-electron chi connectivity index (χ1n) is 11.1. The van der Waals surface area contributed by atoms with E-state index in [-0.39, 0.29) is 12.1 Å². The molecule has 160 valence electrons.